The van der Waals surface area contributed by atoms with Crippen molar-refractivity contribution in [3.05, 3.63) is 77.8 Å². The van der Waals surface area contributed by atoms with Crippen molar-refractivity contribution in [1.29, 1.82) is 0 Å². The van der Waals surface area contributed by atoms with Crippen molar-refractivity contribution in [3.8, 4) is 5.75 Å². The number of para-hydroxylation sites is 1. The van der Waals surface area contributed by atoms with Gasteiger partial charge in [-0.05, 0) is 67.1 Å². The van der Waals surface area contributed by atoms with Gasteiger partial charge in [0.1, 0.15) is 5.75 Å². The van der Waals surface area contributed by atoms with Gasteiger partial charge in [-0.15, -0.1) is 11.8 Å². The summed E-state index contributed by atoms with van der Waals surface area (Å²) in [5, 5.41) is 0.466. The van der Waals surface area contributed by atoms with Crippen LogP contribution in [0.5, 0.6) is 5.75 Å². The van der Waals surface area contributed by atoms with Crippen LogP contribution < -0.4 is 9.46 Å². The molecular formula is C24H26ClNO5S3. The minimum atomic E-state index is -3.83. The molecule has 0 radical (unpaired) electrons. The van der Waals surface area contributed by atoms with Gasteiger partial charge < -0.3 is 4.74 Å². The molecule has 6 nitrogen and oxygen atoms in total. The molecule has 0 aliphatic carbocycles. The lowest BCUT2D eigenvalue weighted by Gasteiger charge is -2.13. The fourth-order valence-corrected chi connectivity index (χ4v) is 6.89. The molecule has 182 valence electrons. The highest BCUT2D eigenvalue weighted by atomic mass is 35.5. The van der Waals surface area contributed by atoms with Gasteiger partial charge in [0, 0.05) is 15.7 Å². The van der Waals surface area contributed by atoms with E-state index in [1.807, 2.05) is 0 Å². The lowest BCUT2D eigenvalue weighted by molar-refractivity contribution is 0.309. The molecule has 10 heteroatoms. The van der Waals surface area contributed by atoms with E-state index in [-0.39, 0.29) is 21.3 Å². The first kappa shape index (κ1) is 26.4. The van der Waals surface area contributed by atoms with Crippen LogP contribution in [-0.2, 0) is 19.9 Å². The number of unbranched alkanes of at least 4 members (excludes halogenated alkanes) is 1. The largest absolute Gasteiger partial charge is 0.494 e. The van der Waals surface area contributed by atoms with Crippen molar-refractivity contribution in [2.75, 3.05) is 22.8 Å². The molecule has 0 bridgehead atoms. The fraction of sp³-hybridized carbons (Fsp3) is 0.250. The Morgan fingerprint density at radius 1 is 0.882 bits per heavy atom. The summed E-state index contributed by atoms with van der Waals surface area (Å²) in [5.74, 6) is 0.776. The van der Waals surface area contributed by atoms with E-state index in [0.29, 0.717) is 28.0 Å². The number of rotatable bonds is 12. The highest BCUT2D eigenvalue weighted by molar-refractivity contribution is 8.01. The van der Waals surface area contributed by atoms with Crippen LogP contribution in [0.25, 0.3) is 0 Å². The van der Waals surface area contributed by atoms with E-state index in [2.05, 4.69) is 11.6 Å². The van der Waals surface area contributed by atoms with Crippen LogP contribution in [0.1, 0.15) is 19.8 Å². The maximum atomic E-state index is 12.9. The second-order valence-electron chi connectivity index (χ2n) is 7.40. The molecule has 0 saturated heterocycles. The number of halogens is 1. The van der Waals surface area contributed by atoms with Gasteiger partial charge in [-0.25, -0.2) is 16.8 Å². The normalized spacial score (nSPS) is 11.8. The van der Waals surface area contributed by atoms with Crippen LogP contribution in [0.15, 0.2) is 87.5 Å². The third-order valence-electron chi connectivity index (χ3n) is 4.81. The second kappa shape index (κ2) is 12.0. The quantitative estimate of drug-likeness (QED) is 0.228. The van der Waals surface area contributed by atoms with Crippen molar-refractivity contribution >= 4 is 48.9 Å². The third-order valence-corrected chi connectivity index (χ3v) is 9.51. The number of anilines is 1. The Hall–Kier alpha value is -2.20. The van der Waals surface area contributed by atoms with Crippen LogP contribution in [0, 0.1) is 0 Å². The molecular weight excluding hydrogens is 514 g/mol. The molecule has 0 unspecified atom stereocenters. The predicted molar refractivity (Wildman–Crippen MR) is 138 cm³/mol. The SMILES string of the molecule is CCCCOc1ccc(S(=O)(=O)Nc2ccccc2SCCS(=O)(=O)c2ccc(Cl)cc2)cc1. The number of thioether (sulfide) groups is 1. The molecule has 0 aliphatic rings. The standard InChI is InChI=1S/C24H26ClNO5S3/c1-2-3-16-31-20-10-14-22(15-11-20)34(29,30)26-23-6-4-5-7-24(23)32-17-18-33(27,28)21-12-8-19(25)9-13-21/h4-15,26H,2-3,16-18H2,1H3. The van der Waals surface area contributed by atoms with Crippen LogP contribution in [0.4, 0.5) is 5.69 Å². The molecule has 0 amide bonds. The summed E-state index contributed by atoms with van der Waals surface area (Å²) in [7, 11) is -7.31. The van der Waals surface area contributed by atoms with Gasteiger partial charge in [0.15, 0.2) is 9.84 Å². The second-order valence-corrected chi connectivity index (χ2v) is 12.8. The minimum absolute atomic E-state index is 0.0973. The highest BCUT2D eigenvalue weighted by Gasteiger charge is 2.18. The Kier molecular flexibility index (Phi) is 9.30. The van der Waals surface area contributed by atoms with Gasteiger partial charge >= 0.3 is 0 Å². The van der Waals surface area contributed by atoms with Gasteiger partial charge in [-0.2, -0.15) is 0 Å². The maximum absolute atomic E-state index is 12.9. The molecule has 0 aromatic heterocycles. The first-order valence-corrected chi connectivity index (χ1v) is 15.2. The summed E-state index contributed by atoms with van der Waals surface area (Å²) in [6, 6.07) is 19.2. The zero-order chi connectivity index (χ0) is 24.6. The maximum Gasteiger partial charge on any atom is 0.261 e. The number of sulfone groups is 1. The number of ether oxygens (including phenoxy) is 1. The zero-order valence-electron chi connectivity index (χ0n) is 18.6. The van der Waals surface area contributed by atoms with E-state index >= 15 is 0 Å². The average Bonchev–Trinajstić information content (AvgIpc) is 2.81. The lowest BCUT2D eigenvalue weighted by atomic mass is 10.3. The Morgan fingerprint density at radius 2 is 1.53 bits per heavy atom. The van der Waals surface area contributed by atoms with Crippen LogP contribution in [0.2, 0.25) is 5.02 Å². The van der Waals surface area contributed by atoms with Gasteiger partial charge in [0.2, 0.25) is 0 Å². The summed E-state index contributed by atoms with van der Waals surface area (Å²) in [4.78, 5) is 0.950. The topological polar surface area (TPSA) is 89.5 Å². The lowest BCUT2D eigenvalue weighted by Crippen LogP contribution is -2.14. The number of hydrogen-bond donors (Lipinski definition) is 1. The fourth-order valence-electron chi connectivity index (χ4n) is 2.95. The molecule has 1 N–H and O–H groups in total. The predicted octanol–water partition coefficient (Wildman–Crippen LogP) is 5.89. The van der Waals surface area contributed by atoms with Crippen LogP contribution in [-0.4, -0.2) is 34.9 Å². The smallest absolute Gasteiger partial charge is 0.261 e. The molecule has 0 spiro atoms. The Bertz CT molecular complexity index is 1290. The van der Waals surface area contributed by atoms with Crippen molar-refractivity contribution < 1.29 is 21.6 Å². The van der Waals surface area contributed by atoms with E-state index < -0.39 is 19.9 Å². The summed E-state index contributed by atoms with van der Waals surface area (Å²) < 4.78 is 59.1. The van der Waals surface area contributed by atoms with E-state index in [1.165, 1.54) is 48.2 Å². The van der Waals surface area contributed by atoms with Gasteiger partial charge in [0.25, 0.3) is 10.0 Å². The zero-order valence-corrected chi connectivity index (χ0v) is 21.8. The molecule has 3 aromatic carbocycles. The van der Waals surface area contributed by atoms with Crippen molar-refractivity contribution in [2.24, 2.45) is 0 Å². The minimum Gasteiger partial charge on any atom is -0.494 e. The van der Waals surface area contributed by atoms with E-state index in [0.717, 1.165) is 12.8 Å². The van der Waals surface area contributed by atoms with Gasteiger partial charge in [-0.3, -0.25) is 4.72 Å². The summed E-state index contributed by atoms with van der Waals surface area (Å²) in [6.07, 6.45) is 1.94. The molecule has 0 atom stereocenters. The first-order valence-electron chi connectivity index (χ1n) is 10.7. The highest BCUT2D eigenvalue weighted by Crippen LogP contribution is 2.30. The number of sulfonamides is 1. The number of benzene rings is 3. The summed E-state index contributed by atoms with van der Waals surface area (Å²) >= 11 is 7.10. The molecule has 0 fully saturated rings. The summed E-state index contributed by atoms with van der Waals surface area (Å²) in [5.41, 5.74) is 0.389. The van der Waals surface area contributed by atoms with Crippen molar-refractivity contribution in [3.63, 3.8) is 0 Å². The van der Waals surface area contributed by atoms with Crippen LogP contribution >= 0.6 is 23.4 Å². The molecule has 0 saturated carbocycles. The first-order chi connectivity index (χ1) is 16.2. The van der Waals surface area contributed by atoms with Crippen molar-refractivity contribution in [1.82, 2.24) is 0 Å². The third kappa shape index (κ3) is 7.40. The molecule has 3 rings (SSSR count). The van der Waals surface area contributed by atoms with Crippen LogP contribution in [0.3, 0.4) is 0 Å². The molecule has 3 aromatic rings. The number of nitrogens with one attached hydrogen (secondary N) is 1. The average molecular weight is 540 g/mol. The van der Waals surface area contributed by atoms with Gasteiger partial charge in [-0.1, -0.05) is 37.1 Å². The number of hydrogen-bond acceptors (Lipinski definition) is 6. The Labute approximate surface area is 210 Å². The van der Waals surface area contributed by atoms with E-state index in [9.17, 15) is 16.8 Å². The Balaban J connectivity index is 1.66. The van der Waals surface area contributed by atoms with Gasteiger partial charge in [0.05, 0.1) is 27.8 Å². The molecule has 0 aliphatic heterocycles. The van der Waals surface area contributed by atoms with Crippen molar-refractivity contribution in [2.45, 2.75) is 34.5 Å². The summed E-state index contributed by atoms with van der Waals surface area (Å²) in [6.45, 7) is 2.65. The van der Waals surface area contributed by atoms with E-state index in [4.69, 9.17) is 16.3 Å². The Morgan fingerprint density at radius 3 is 2.21 bits per heavy atom. The van der Waals surface area contributed by atoms with E-state index in [1.54, 1.807) is 36.4 Å². The monoisotopic (exact) mass is 539 g/mol. The molecule has 0 heterocycles. The molecule has 34 heavy (non-hydrogen) atoms.